The van der Waals surface area contributed by atoms with Crippen LogP contribution >= 0.6 is 0 Å². The molecule has 1 amide bonds. The number of amides is 1. The molecule has 0 aliphatic carbocycles. The van der Waals surface area contributed by atoms with E-state index >= 15 is 0 Å². The molecule has 1 aliphatic heterocycles. The molecule has 2 aromatic rings. The Labute approximate surface area is 142 Å². The van der Waals surface area contributed by atoms with Gasteiger partial charge in [0.05, 0.1) is 24.4 Å². The van der Waals surface area contributed by atoms with E-state index in [2.05, 4.69) is 15.7 Å². The van der Waals surface area contributed by atoms with Crippen molar-refractivity contribution < 1.29 is 9.53 Å². The predicted molar refractivity (Wildman–Crippen MR) is 94.2 cm³/mol. The lowest BCUT2D eigenvalue weighted by Gasteiger charge is -2.23. The van der Waals surface area contributed by atoms with E-state index < -0.39 is 0 Å². The van der Waals surface area contributed by atoms with Crippen molar-refractivity contribution in [3.8, 4) is 16.9 Å². The van der Waals surface area contributed by atoms with E-state index in [0.717, 1.165) is 48.4 Å². The van der Waals surface area contributed by atoms with E-state index in [1.807, 2.05) is 38.2 Å². The molecule has 1 fully saturated rings. The molecule has 0 spiro atoms. The molecule has 0 unspecified atom stereocenters. The number of para-hydroxylation sites is 1. The third-order valence-corrected chi connectivity index (χ3v) is 4.47. The summed E-state index contributed by atoms with van der Waals surface area (Å²) in [6.07, 6.45) is 3.07. The Balaban J connectivity index is 1.95. The van der Waals surface area contributed by atoms with Gasteiger partial charge in [0.15, 0.2) is 0 Å². The van der Waals surface area contributed by atoms with Crippen molar-refractivity contribution in [2.24, 2.45) is 7.05 Å². The standard InChI is InChI=1S/C18H24N4O2/c1-12-16(13-8-4-5-10-15(13)24-3)17(22(2)21-12)20-18(23)14-9-6-7-11-19-14/h4-5,8,10,14,19H,6-7,9,11H2,1-3H3,(H,20,23)/t14-/m1/s1. The number of carbonyl (C=O) groups is 1. The first-order valence-corrected chi connectivity index (χ1v) is 8.33. The van der Waals surface area contributed by atoms with Gasteiger partial charge >= 0.3 is 0 Å². The summed E-state index contributed by atoms with van der Waals surface area (Å²) >= 11 is 0. The number of methoxy groups -OCH3 is 1. The Morgan fingerprint density at radius 3 is 2.88 bits per heavy atom. The molecule has 1 aromatic heterocycles. The minimum absolute atomic E-state index is 0.00570. The predicted octanol–water partition coefficient (Wildman–Crippen LogP) is 2.48. The zero-order valence-corrected chi connectivity index (χ0v) is 14.4. The number of nitrogens with zero attached hydrogens (tertiary/aromatic N) is 2. The molecular weight excluding hydrogens is 304 g/mol. The van der Waals surface area contributed by atoms with Gasteiger partial charge in [0.1, 0.15) is 11.6 Å². The summed E-state index contributed by atoms with van der Waals surface area (Å²) in [7, 11) is 3.49. The van der Waals surface area contributed by atoms with E-state index in [-0.39, 0.29) is 11.9 Å². The van der Waals surface area contributed by atoms with Gasteiger partial charge in [-0.15, -0.1) is 0 Å². The highest BCUT2D eigenvalue weighted by Gasteiger charge is 2.25. The highest BCUT2D eigenvalue weighted by atomic mass is 16.5. The summed E-state index contributed by atoms with van der Waals surface area (Å²) in [5, 5.41) is 10.8. The number of hydrogen-bond acceptors (Lipinski definition) is 4. The van der Waals surface area contributed by atoms with Gasteiger partial charge in [0.2, 0.25) is 5.91 Å². The zero-order chi connectivity index (χ0) is 17.1. The molecule has 0 bridgehead atoms. The number of hydrogen-bond donors (Lipinski definition) is 2. The van der Waals surface area contributed by atoms with Crippen LogP contribution in [0.3, 0.4) is 0 Å². The number of piperidine rings is 1. The lowest BCUT2D eigenvalue weighted by atomic mass is 10.0. The average molecular weight is 328 g/mol. The maximum absolute atomic E-state index is 12.6. The van der Waals surface area contributed by atoms with Crippen molar-refractivity contribution in [1.29, 1.82) is 0 Å². The molecular formula is C18H24N4O2. The average Bonchev–Trinajstić information content (AvgIpc) is 2.89. The van der Waals surface area contributed by atoms with Crippen LogP contribution < -0.4 is 15.4 Å². The first-order valence-electron chi connectivity index (χ1n) is 8.33. The third kappa shape index (κ3) is 3.14. The Hall–Kier alpha value is -2.34. The van der Waals surface area contributed by atoms with Crippen LogP contribution in [0.25, 0.3) is 11.1 Å². The molecule has 1 aliphatic rings. The van der Waals surface area contributed by atoms with Crippen LogP contribution in [0.15, 0.2) is 24.3 Å². The molecule has 2 heterocycles. The van der Waals surface area contributed by atoms with Crippen molar-refractivity contribution in [2.75, 3.05) is 19.0 Å². The summed E-state index contributed by atoms with van der Waals surface area (Å²) in [4.78, 5) is 12.6. The number of nitrogens with one attached hydrogen (secondary N) is 2. The summed E-state index contributed by atoms with van der Waals surface area (Å²) in [5.74, 6) is 1.46. The second-order valence-corrected chi connectivity index (χ2v) is 6.12. The van der Waals surface area contributed by atoms with Crippen LogP contribution in [0, 0.1) is 6.92 Å². The van der Waals surface area contributed by atoms with Crippen molar-refractivity contribution in [3.05, 3.63) is 30.0 Å². The quantitative estimate of drug-likeness (QED) is 0.905. The van der Waals surface area contributed by atoms with Crippen LogP contribution in [0.5, 0.6) is 5.75 Å². The first-order chi connectivity index (χ1) is 11.6. The van der Waals surface area contributed by atoms with Crippen molar-refractivity contribution in [3.63, 3.8) is 0 Å². The van der Waals surface area contributed by atoms with Gasteiger partial charge in [0, 0.05) is 12.6 Å². The van der Waals surface area contributed by atoms with Gasteiger partial charge in [-0.3, -0.25) is 9.48 Å². The number of benzene rings is 1. The fraction of sp³-hybridized carbons (Fsp3) is 0.444. The fourth-order valence-corrected chi connectivity index (χ4v) is 3.25. The summed E-state index contributed by atoms with van der Waals surface area (Å²) in [6, 6.07) is 7.64. The van der Waals surface area contributed by atoms with Gasteiger partial charge in [-0.2, -0.15) is 5.10 Å². The van der Waals surface area contributed by atoms with Gasteiger partial charge in [-0.05, 0) is 32.4 Å². The normalized spacial score (nSPS) is 17.5. The summed E-state index contributed by atoms with van der Waals surface area (Å²) < 4.78 is 7.20. The monoisotopic (exact) mass is 328 g/mol. The largest absolute Gasteiger partial charge is 0.496 e. The van der Waals surface area contributed by atoms with Crippen molar-refractivity contribution >= 4 is 11.7 Å². The van der Waals surface area contributed by atoms with E-state index in [1.54, 1.807) is 11.8 Å². The minimum atomic E-state index is -0.139. The number of ether oxygens (including phenoxy) is 1. The topological polar surface area (TPSA) is 68.2 Å². The number of aromatic nitrogens is 2. The maximum Gasteiger partial charge on any atom is 0.242 e. The van der Waals surface area contributed by atoms with E-state index in [1.165, 1.54) is 0 Å². The number of rotatable bonds is 4. The molecule has 1 atom stereocenters. The molecule has 24 heavy (non-hydrogen) atoms. The SMILES string of the molecule is COc1ccccc1-c1c(C)nn(C)c1NC(=O)[C@H]1CCCCN1. The fourth-order valence-electron chi connectivity index (χ4n) is 3.25. The molecule has 3 rings (SSSR count). The lowest BCUT2D eigenvalue weighted by Crippen LogP contribution is -2.43. The van der Waals surface area contributed by atoms with Crippen LogP contribution in [-0.4, -0.2) is 35.4 Å². The van der Waals surface area contributed by atoms with Crippen LogP contribution in [0.2, 0.25) is 0 Å². The van der Waals surface area contributed by atoms with Gasteiger partial charge in [0.25, 0.3) is 0 Å². The number of anilines is 1. The Morgan fingerprint density at radius 1 is 1.38 bits per heavy atom. The second-order valence-electron chi connectivity index (χ2n) is 6.12. The molecule has 0 saturated carbocycles. The number of aryl methyl sites for hydroxylation is 2. The van der Waals surface area contributed by atoms with Gasteiger partial charge < -0.3 is 15.4 Å². The lowest BCUT2D eigenvalue weighted by molar-refractivity contribution is -0.118. The molecule has 1 aromatic carbocycles. The van der Waals surface area contributed by atoms with Crippen LogP contribution in [0.1, 0.15) is 25.0 Å². The highest BCUT2D eigenvalue weighted by molar-refractivity contribution is 5.98. The van der Waals surface area contributed by atoms with E-state index in [9.17, 15) is 4.79 Å². The summed E-state index contributed by atoms with van der Waals surface area (Å²) in [6.45, 7) is 2.83. The molecule has 6 heteroatoms. The Morgan fingerprint density at radius 2 is 2.17 bits per heavy atom. The molecule has 128 valence electrons. The van der Waals surface area contributed by atoms with E-state index in [0.29, 0.717) is 5.82 Å². The first kappa shape index (κ1) is 16.5. The van der Waals surface area contributed by atoms with E-state index in [4.69, 9.17) is 4.74 Å². The van der Waals surface area contributed by atoms with Crippen LogP contribution in [-0.2, 0) is 11.8 Å². The number of carbonyl (C=O) groups excluding carboxylic acids is 1. The van der Waals surface area contributed by atoms with Crippen molar-refractivity contribution in [1.82, 2.24) is 15.1 Å². The van der Waals surface area contributed by atoms with Gasteiger partial charge in [-0.25, -0.2) is 0 Å². The zero-order valence-electron chi connectivity index (χ0n) is 14.4. The molecule has 2 N–H and O–H groups in total. The minimum Gasteiger partial charge on any atom is -0.496 e. The van der Waals surface area contributed by atoms with Gasteiger partial charge in [-0.1, -0.05) is 24.6 Å². The second kappa shape index (κ2) is 7.05. The molecule has 1 saturated heterocycles. The van der Waals surface area contributed by atoms with Crippen LogP contribution in [0.4, 0.5) is 5.82 Å². The Bertz CT molecular complexity index is 733. The Kier molecular flexibility index (Phi) is 4.85. The summed E-state index contributed by atoms with van der Waals surface area (Å²) in [5.41, 5.74) is 2.69. The molecule has 0 radical (unpaired) electrons. The van der Waals surface area contributed by atoms with Crippen molar-refractivity contribution in [2.45, 2.75) is 32.2 Å². The molecule has 6 nitrogen and oxygen atoms in total. The maximum atomic E-state index is 12.6. The smallest absolute Gasteiger partial charge is 0.242 e. The third-order valence-electron chi connectivity index (χ3n) is 4.47. The highest BCUT2D eigenvalue weighted by Crippen LogP contribution is 2.37.